The molecule has 1 amide bonds. The number of amides is 1. The molecule has 0 spiro atoms. The molecule has 1 aromatic rings. The van der Waals surface area contributed by atoms with Gasteiger partial charge in [-0.2, -0.15) is 0 Å². The van der Waals surface area contributed by atoms with Crippen LogP contribution >= 0.6 is 11.6 Å². The Labute approximate surface area is 129 Å². The molecule has 0 unspecified atom stereocenters. The Kier molecular flexibility index (Phi) is 5.19. The molecule has 4 nitrogen and oxygen atoms in total. The smallest absolute Gasteiger partial charge is 0.253 e. The molecule has 116 valence electrons. The van der Waals surface area contributed by atoms with Crippen LogP contribution in [0.3, 0.4) is 0 Å². The van der Waals surface area contributed by atoms with Crippen LogP contribution in [0.5, 0.6) is 0 Å². The van der Waals surface area contributed by atoms with Crippen molar-refractivity contribution in [3.63, 3.8) is 0 Å². The van der Waals surface area contributed by atoms with Crippen molar-refractivity contribution in [3.8, 4) is 0 Å². The van der Waals surface area contributed by atoms with E-state index in [1.807, 2.05) is 6.92 Å². The lowest BCUT2D eigenvalue weighted by Crippen LogP contribution is -2.55. The number of aliphatic hydroxyl groups excluding tert-OH is 1. The zero-order chi connectivity index (χ0) is 15.6. The van der Waals surface area contributed by atoms with E-state index in [1.54, 1.807) is 11.9 Å². The number of hydrogen-bond acceptors (Lipinski definition) is 3. The van der Waals surface area contributed by atoms with Crippen LogP contribution in [0.4, 0.5) is 4.39 Å². The van der Waals surface area contributed by atoms with E-state index in [9.17, 15) is 14.3 Å². The molecule has 1 aliphatic rings. The van der Waals surface area contributed by atoms with Crippen molar-refractivity contribution >= 4 is 17.5 Å². The Hall–Kier alpha value is -1.17. The van der Waals surface area contributed by atoms with Crippen molar-refractivity contribution in [1.82, 2.24) is 9.80 Å². The van der Waals surface area contributed by atoms with Gasteiger partial charge < -0.3 is 10.0 Å². The summed E-state index contributed by atoms with van der Waals surface area (Å²) in [5.41, 5.74) is 0.293. The van der Waals surface area contributed by atoms with E-state index in [-0.39, 0.29) is 23.1 Å². The normalized spacial score (nSPS) is 17.4. The molecule has 0 aliphatic carbocycles. The van der Waals surface area contributed by atoms with Crippen LogP contribution in [0.25, 0.3) is 0 Å². The van der Waals surface area contributed by atoms with Gasteiger partial charge in [0, 0.05) is 38.3 Å². The number of aliphatic hydroxyl groups is 1. The van der Waals surface area contributed by atoms with Crippen LogP contribution in [0, 0.1) is 5.82 Å². The van der Waals surface area contributed by atoms with Crippen LogP contribution in [0.2, 0.25) is 5.02 Å². The fourth-order valence-corrected chi connectivity index (χ4v) is 2.63. The lowest BCUT2D eigenvalue weighted by Gasteiger charge is -2.40. The molecule has 0 bridgehead atoms. The summed E-state index contributed by atoms with van der Waals surface area (Å²) in [6, 6.07) is 4.12. The molecule has 0 aromatic heterocycles. The summed E-state index contributed by atoms with van der Waals surface area (Å²) in [6.45, 7) is 4.02. The van der Waals surface area contributed by atoms with Crippen LogP contribution in [0.1, 0.15) is 23.7 Å². The molecule has 1 atom stereocenters. The zero-order valence-electron chi connectivity index (χ0n) is 12.2. The highest BCUT2D eigenvalue weighted by atomic mass is 35.5. The van der Waals surface area contributed by atoms with E-state index in [2.05, 4.69) is 4.90 Å². The summed E-state index contributed by atoms with van der Waals surface area (Å²) in [5, 5.41) is 9.32. The second kappa shape index (κ2) is 6.73. The van der Waals surface area contributed by atoms with Crippen LogP contribution in [-0.2, 0) is 0 Å². The summed E-state index contributed by atoms with van der Waals surface area (Å²) in [5.74, 6) is -0.812. The molecule has 1 aliphatic heterocycles. The molecule has 6 heteroatoms. The highest BCUT2D eigenvalue weighted by Crippen LogP contribution is 2.18. The zero-order valence-corrected chi connectivity index (χ0v) is 13.0. The number of halogens is 2. The number of rotatable bonds is 5. The Morgan fingerprint density at radius 2 is 2.24 bits per heavy atom. The van der Waals surface area contributed by atoms with Gasteiger partial charge in [-0.05, 0) is 24.6 Å². The van der Waals surface area contributed by atoms with E-state index in [4.69, 9.17) is 11.6 Å². The average molecular weight is 315 g/mol. The molecule has 1 fully saturated rings. The number of hydrogen-bond donors (Lipinski definition) is 1. The number of carbonyl (C=O) groups excluding carboxylic acids is 1. The highest BCUT2D eigenvalue weighted by molar-refractivity contribution is 6.30. The van der Waals surface area contributed by atoms with E-state index >= 15 is 0 Å². The topological polar surface area (TPSA) is 43.8 Å². The minimum Gasteiger partial charge on any atom is -0.390 e. The van der Waals surface area contributed by atoms with Gasteiger partial charge >= 0.3 is 0 Å². The van der Waals surface area contributed by atoms with Crippen LogP contribution < -0.4 is 0 Å². The van der Waals surface area contributed by atoms with Crippen molar-refractivity contribution < 1.29 is 14.3 Å². The predicted molar refractivity (Wildman–Crippen MR) is 80.0 cm³/mol. The quantitative estimate of drug-likeness (QED) is 0.904. The van der Waals surface area contributed by atoms with Gasteiger partial charge in [-0.3, -0.25) is 9.69 Å². The summed E-state index contributed by atoms with van der Waals surface area (Å²) in [6.07, 6.45) is 0.541. The number of β-amino-alcohol motifs (C(OH)–C–C–N with tert-alkyl or cyclic N) is 1. The maximum atomic E-state index is 13.5. The maximum absolute atomic E-state index is 13.5. The minimum absolute atomic E-state index is 0.0100. The second-order valence-corrected chi connectivity index (χ2v) is 5.89. The van der Waals surface area contributed by atoms with Gasteiger partial charge in [0.2, 0.25) is 0 Å². The van der Waals surface area contributed by atoms with Crippen molar-refractivity contribution in [2.24, 2.45) is 0 Å². The average Bonchev–Trinajstić information content (AvgIpc) is 2.43. The van der Waals surface area contributed by atoms with Gasteiger partial charge in [-0.15, -0.1) is 0 Å². The second-order valence-electron chi connectivity index (χ2n) is 5.48. The molecule has 1 N–H and O–H groups in total. The van der Waals surface area contributed by atoms with E-state index in [0.29, 0.717) is 25.2 Å². The number of carbonyl (C=O) groups is 1. The van der Waals surface area contributed by atoms with Gasteiger partial charge in [-0.1, -0.05) is 18.5 Å². The van der Waals surface area contributed by atoms with Crippen LogP contribution in [0.15, 0.2) is 18.2 Å². The van der Waals surface area contributed by atoms with Crippen molar-refractivity contribution in [3.05, 3.63) is 34.6 Å². The largest absolute Gasteiger partial charge is 0.390 e. The number of likely N-dealkylation sites (N-methyl/N-ethyl adjacent to an activating group) is 1. The molecule has 21 heavy (non-hydrogen) atoms. The number of nitrogens with zero attached hydrogens (tertiary/aromatic N) is 2. The molecule has 0 radical (unpaired) electrons. The molecular weight excluding hydrogens is 295 g/mol. The molecular formula is C15H20ClFN2O2. The fraction of sp³-hybridized carbons (Fsp3) is 0.533. The van der Waals surface area contributed by atoms with Crippen LogP contribution in [-0.4, -0.2) is 59.6 Å². The van der Waals surface area contributed by atoms with Gasteiger partial charge in [0.15, 0.2) is 0 Å². The third-order valence-corrected chi connectivity index (χ3v) is 4.22. The first-order chi connectivity index (χ1) is 9.92. The predicted octanol–water partition coefficient (Wildman–Crippen LogP) is 2.01. The standard InChI is InChI=1S/C15H20ClFN2O2/c1-3-11(7-19-8-12(20)9-19)18(2)15(21)10-4-5-13(16)14(17)6-10/h4-6,11-12,20H,3,7-9H2,1-2H3/t11-/m0/s1. The lowest BCUT2D eigenvalue weighted by molar-refractivity contribution is -0.0108. The SMILES string of the molecule is CC[C@@H](CN1CC(O)C1)N(C)C(=O)c1ccc(Cl)c(F)c1. The first kappa shape index (κ1) is 16.2. The number of benzene rings is 1. The third kappa shape index (κ3) is 3.73. The molecule has 1 saturated heterocycles. The Morgan fingerprint density at radius 3 is 2.76 bits per heavy atom. The summed E-state index contributed by atoms with van der Waals surface area (Å²) in [7, 11) is 1.72. The Balaban J connectivity index is 2.03. The third-order valence-electron chi connectivity index (χ3n) is 3.91. The van der Waals surface area contributed by atoms with E-state index in [0.717, 1.165) is 6.42 Å². The van der Waals surface area contributed by atoms with Crippen molar-refractivity contribution in [1.29, 1.82) is 0 Å². The lowest BCUT2D eigenvalue weighted by atomic mass is 10.1. The van der Waals surface area contributed by atoms with Gasteiger partial charge in [0.1, 0.15) is 5.82 Å². The fourth-order valence-electron chi connectivity index (χ4n) is 2.51. The summed E-state index contributed by atoms with van der Waals surface area (Å²) < 4.78 is 13.5. The Morgan fingerprint density at radius 1 is 1.57 bits per heavy atom. The van der Waals surface area contributed by atoms with E-state index < -0.39 is 5.82 Å². The van der Waals surface area contributed by atoms with E-state index in [1.165, 1.54) is 18.2 Å². The van der Waals surface area contributed by atoms with Gasteiger partial charge in [0.25, 0.3) is 5.91 Å². The highest BCUT2D eigenvalue weighted by Gasteiger charge is 2.29. The van der Waals surface area contributed by atoms with Gasteiger partial charge in [-0.25, -0.2) is 4.39 Å². The monoisotopic (exact) mass is 314 g/mol. The summed E-state index contributed by atoms with van der Waals surface area (Å²) >= 11 is 5.63. The number of likely N-dealkylation sites (tertiary alicyclic amines) is 1. The van der Waals surface area contributed by atoms with Gasteiger partial charge in [0.05, 0.1) is 11.1 Å². The first-order valence-corrected chi connectivity index (χ1v) is 7.42. The minimum atomic E-state index is -0.588. The molecule has 2 rings (SSSR count). The van der Waals surface area contributed by atoms with Crippen molar-refractivity contribution in [2.75, 3.05) is 26.7 Å². The van der Waals surface area contributed by atoms with Crippen molar-refractivity contribution in [2.45, 2.75) is 25.5 Å². The molecule has 0 saturated carbocycles. The maximum Gasteiger partial charge on any atom is 0.253 e. The molecule has 1 aromatic carbocycles. The first-order valence-electron chi connectivity index (χ1n) is 7.05. The Bertz CT molecular complexity index is 520. The molecule has 1 heterocycles. The summed E-state index contributed by atoms with van der Waals surface area (Å²) in [4.78, 5) is 16.1.